The molecule has 2 rings (SSSR count). The summed E-state index contributed by atoms with van der Waals surface area (Å²) in [7, 11) is 0. The monoisotopic (exact) mass is 287 g/mol. The Bertz CT molecular complexity index is 657. The topological polar surface area (TPSA) is 68.0 Å². The van der Waals surface area contributed by atoms with Gasteiger partial charge in [-0.1, -0.05) is 11.3 Å². The highest BCUT2D eigenvalue weighted by Gasteiger charge is 2.18. The van der Waals surface area contributed by atoms with E-state index in [2.05, 4.69) is 10.3 Å². The van der Waals surface area contributed by atoms with Gasteiger partial charge in [0.05, 0.1) is 11.4 Å². The fourth-order valence-electron chi connectivity index (χ4n) is 1.45. The molecule has 0 aliphatic heterocycles. The number of carbonyl (C=O) groups excluding carboxylic acids is 1. The summed E-state index contributed by atoms with van der Waals surface area (Å²) in [5.74, 6) is -4.42. The van der Waals surface area contributed by atoms with Gasteiger partial charge in [-0.3, -0.25) is 4.79 Å². The van der Waals surface area contributed by atoms with Crippen LogP contribution in [0.2, 0.25) is 0 Å². The quantitative estimate of drug-likeness (QED) is 0.834. The summed E-state index contributed by atoms with van der Waals surface area (Å²) in [5, 5.41) is 2.26. The summed E-state index contributed by atoms with van der Waals surface area (Å²) >= 11 is 0.901. The zero-order valence-corrected chi connectivity index (χ0v) is 10.4. The minimum absolute atomic E-state index is 0.154. The number of nitrogens with zero attached hydrogens (tertiary/aromatic N) is 1. The van der Waals surface area contributed by atoms with Crippen molar-refractivity contribution in [3.05, 3.63) is 40.2 Å². The van der Waals surface area contributed by atoms with Crippen LogP contribution in [0.3, 0.4) is 0 Å². The summed E-state index contributed by atoms with van der Waals surface area (Å²) in [6.45, 7) is 1.55. The summed E-state index contributed by atoms with van der Waals surface area (Å²) in [5.41, 5.74) is 5.21. The van der Waals surface area contributed by atoms with E-state index in [1.54, 1.807) is 6.92 Å². The Morgan fingerprint density at radius 3 is 2.63 bits per heavy atom. The molecule has 100 valence electrons. The maximum atomic E-state index is 13.4. The fourth-order valence-corrected chi connectivity index (χ4v) is 2.18. The molecule has 3 N–H and O–H groups in total. The van der Waals surface area contributed by atoms with Crippen molar-refractivity contribution >= 4 is 28.1 Å². The first kappa shape index (κ1) is 13.3. The molecule has 0 fully saturated rings. The van der Waals surface area contributed by atoms with Crippen molar-refractivity contribution in [3.63, 3.8) is 0 Å². The largest absolute Gasteiger partial charge is 0.375 e. The molecule has 0 atom stereocenters. The molecular weight excluding hydrogens is 279 g/mol. The van der Waals surface area contributed by atoms with Crippen molar-refractivity contribution in [2.75, 3.05) is 11.1 Å². The van der Waals surface area contributed by atoms with E-state index in [1.165, 1.54) is 0 Å². The Kier molecular flexibility index (Phi) is 3.43. The Hall–Kier alpha value is -2.09. The normalized spacial score (nSPS) is 10.5. The fraction of sp³-hybridized carbons (Fsp3) is 0.0909. The predicted octanol–water partition coefficient (Wildman–Crippen LogP) is 2.70. The molecular formula is C11H8F3N3OS. The number of aryl methyl sites for hydroxylation is 1. The highest BCUT2D eigenvalue weighted by Crippen LogP contribution is 2.23. The zero-order chi connectivity index (χ0) is 14.2. The van der Waals surface area contributed by atoms with E-state index in [0.717, 1.165) is 11.3 Å². The molecule has 0 bridgehead atoms. The number of nitrogens with one attached hydrogen (secondary N) is 1. The molecule has 1 heterocycles. The minimum Gasteiger partial charge on any atom is -0.375 e. The molecule has 0 saturated carbocycles. The molecule has 0 spiro atoms. The Morgan fingerprint density at radius 2 is 2.05 bits per heavy atom. The number of hydrogen-bond acceptors (Lipinski definition) is 4. The molecule has 4 nitrogen and oxygen atoms in total. The van der Waals surface area contributed by atoms with E-state index in [9.17, 15) is 18.0 Å². The predicted molar refractivity (Wildman–Crippen MR) is 65.5 cm³/mol. The van der Waals surface area contributed by atoms with Crippen molar-refractivity contribution in [1.29, 1.82) is 0 Å². The lowest BCUT2D eigenvalue weighted by molar-refractivity contribution is 0.102. The number of anilines is 2. The molecule has 0 radical (unpaired) electrons. The molecule has 1 aromatic carbocycles. The average Bonchev–Trinajstić information content (AvgIpc) is 2.64. The smallest absolute Gasteiger partial charge is 0.267 e. The van der Waals surface area contributed by atoms with Crippen LogP contribution < -0.4 is 11.1 Å². The van der Waals surface area contributed by atoms with Crippen LogP contribution in [0.1, 0.15) is 15.4 Å². The van der Waals surface area contributed by atoms with E-state index >= 15 is 0 Å². The number of aromatic nitrogens is 1. The van der Waals surface area contributed by atoms with Crippen LogP contribution >= 0.6 is 11.3 Å². The summed E-state index contributed by atoms with van der Waals surface area (Å²) in [4.78, 5) is 15.8. The van der Waals surface area contributed by atoms with Crippen molar-refractivity contribution < 1.29 is 18.0 Å². The van der Waals surface area contributed by atoms with E-state index in [-0.39, 0.29) is 10.0 Å². The van der Waals surface area contributed by atoms with Crippen LogP contribution in [0.15, 0.2) is 12.1 Å². The van der Waals surface area contributed by atoms with Crippen molar-refractivity contribution in [1.82, 2.24) is 4.98 Å². The summed E-state index contributed by atoms with van der Waals surface area (Å²) in [6, 6.07) is 1.08. The van der Waals surface area contributed by atoms with E-state index in [1.807, 2.05) is 0 Å². The molecule has 1 amide bonds. The SMILES string of the molecule is Cc1nc(N)sc1C(=O)Nc1cc(F)cc(F)c1F. The van der Waals surface area contributed by atoms with Gasteiger partial charge in [0.1, 0.15) is 10.7 Å². The van der Waals surface area contributed by atoms with Gasteiger partial charge in [-0.25, -0.2) is 18.2 Å². The summed E-state index contributed by atoms with van der Waals surface area (Å²) in [6.07, 6.45) is 0. The Morgan fingerprint density at radius 1 is 1.37 bits per heavy atom. The van der Waals surface area contributed by atoms with Crippen LogP contribution in [0.5, 0.6) is 0 Å². The lowest BCUT2D eigenvalue weighted by Crippen LogP contribution is -2.13. The third-order valence-electron chi connectivity index (χ3n) is 2.26. The number of thiazole rings is 1. The van der Waals surface area contributed by atoms with Gasteiger partial charge in [0.2, 0.25) is 0 Å². The Balaban J connectivity index is 2.31. The van der Waals surface area contributed by atoms with Gasteiger partial charge < -0.3 is 11.1 Å². The Labute approximate surface area is 110 Å². The van der Waals surface area contributed by atoms with E-state index in [0.29, 0.717) is 17.8 Å². The van der Waals surface area contributed by atoms with Crippen LogP contribution in [-0.4, -0.2) is 10.9 Å². The molecule has 8 heteroatoms. The first-order valence-corrected chi connectivity index (χ1v) is 5.89. The van der Waals surface area contributed by atoms with Crippen LogP contribution in [0.4, 0.5) is 24.0 Å². The molecule has 0 aliphatic carbocycles. The average molecular weight is 287 g/mol. The van der Waals surface area contributed by atoms with Gasteiger partial charge in [-0.05, 0) is 6.92 Å². The molecule has 0 unspecified atom stereocenters. The second-order valence-electron chi connectivity index (χ2n) is 3.67. The molecule has 0 aliphatic rings. The van der Waals surface area contributed by atoms with Gasteiger partial charge >= 0.3 is 0 Å². The second-order valence-corrected chi connectivity index (χ2v) is 4.70. The number of nitrogen functional groups attached to an aromatic ring is 1. The molecule has 1 aromatic heterocycles. The number of nitrogens with two attached hydrogens (primary N) is 1. The standard InChI is InChI=1S/C11H8F3N3OS/c1-4-9(19-11(15)16-4)10(18)17-7-3-5(12)2-6(13)8(7)14/h2-3H,1H3,(H2,15,16)(H,17,18). The minimum atomic E-state index is -1.38. The first-order valence-electron chi connectivity index (χ1n) is 5.07. The van der Waals surface area contributed by atoms with Crippen LogP contribution in [0.25, 0.3) is 0 Å². The van der Waals surface area contributed by atoms with Gasteiger partial charge in [-0.15, -0.1) is 0 Å². The zero-order valence-electron chi connectivity index (χ0n) is 9.63. The van der Waals surface area contributed by atoms with Gasteiger partial charge in [0, 0.05) is 12.1 Å². The number of benzene rings is 1. The van der Waals surface area contributed by atoms with Gasteiger partial charge in [-0.2, -0.15) is 0 Å². The number of carbonyl (C=O) groups is 1. The second kappa shape index (κ2) is 4.88. The van der Waals surface area contributed by atoms with Crippen molar-refractivity contribution in [2.24, 2.45) is 0 Å². The van der Waals surface area contributed by atoms with Gasteiger partial charge in [0.25, 0.3) is 5.91 Å². The van der Waals surface area contributed by atoms with Crippen LogP contribution in [0, 0.1) is 24.4 Å². The third-order valence-corrected chi connectivity index (χ3v) is 3.25. The number of amides is 1. The van der Waals surface area contributed by atoms with E-state index < -0.39 is 29.0 Å². The van der Waals surface area contributed by atoms with E-state index in [4.69, 9.17) is 5.73 Å². The van der Waals surface area contributed by atoms with Gasteiger partial charge in [0.15, 0.2) is 16.8 Å². The van der Waals surface area contributed by atoms with Crippen LogP contribution in [-0.2, 0) is 0 Å². The maximum absolute atomic E-state index is 13.4. The highest BCUT2D eigenvalue weighted by molar-refractivity contribution is 7.17. The lowest BCUT2D eigenvalue weighted by atomic mass is 10.2. The third kappa shape index (κ3) is 2.68. The highest BCUT2D eigenvalue weighted by atomic mass is 32.1. The maximum Gasteiger partial charge on any atom is 0.267 e. The number of hydrogen-bond donors (Lipinski definition) is 2. The molecule has 19 heavy (non-hydrogen) atoms. The molecule has 0 saturated heterocycles. The number of halogens is 3. The number of rotatable bonds is 2. The summed E-state index contributed by atoms with van der Waals surface area (Å²) < 4.78 is 39.3. The first-order chi connectivity index (χ1) is 8.88. The van der Waals surface area contributed by atoms with Crippen molar-refractivity contribution in [3.8, 4) is 0 Å². The van der Waals surface area contributed by atoms with Crippen molar-refractivity contribution in [2.45, 2.75) is 6.92 Å². The lowest BCUT2D eigenvalue weighted by Gasteiger charge is -2.06. The molecule has 2 aromatic rings.